The summed E-state index contributed by atoms with van der Waals surface area (Å²) < 4.78 is 0. The molecule has 0 aliphatic carbocycles. The van der Waals surface area contributed by atoms with Crippen molar-refractivity contribution >= 4 is 5.97 Å². The van der Waals surface area contributed by atoms with Crippen LogP contribution in [0, 0.1) is 5.92 Å². The maximum Gasteiger partial charge on any atom is 0.306 e. The molecule has 1 unspecified atom stereocenters. The Morgan fingerprint density at radius 2 is 1.53 bits per heavy atom. The van der Waals surface area contributed by atoms with Crippen molar-refractivity contribution in [2.24, 2.45) is 11.7 Å². The van der Waals surface area contributed by atoms with Gasteiger partial charge in [-0.15, -0.1) is 0 Å². The summed E-state index contributed by atoms with van der Waals surface area (Å²) in [7, 11) is 0. The molecule has 0 aromatic rings. The third-order valence-electron chi connectivity index (χ3n) is 3.26. The first-order chi connectivity index (χ1) is 8.22. The summed E-state index contributed by atoms with van der Waals surface area (Å²) in [5.41, 5.74) is 5.41. The van der Waals surface area contributed by atoms with E-state index in [1.165, 1.54) is 38.5 Å². The second kappa shape index (κ2) is 11.9. The van der Waals surface area contributed by atoms with E-state index in [9.17, 15) is 4.79 Å². The Balaban J connectivity index is 3.44. The summed E-state index contributed by atoms with van der Waals surface area (Å²) in [6.07, 6.45) is 11.1. The zero-order valence-electron chi connectivity index (χ0n) is 11.3. The molecule has 102 valence electrons. The molecule has 0 aromatic heterocycles. The van der Waals surface area contributed by atoms with Gasteiger partial charge in [0, 0.05) is 0 Å². The van der Waals surface area contributed by atoms with Crippen LogP contribution in [-0.4, -0.2) is 17.6 Å². The Morgan fingerprint density at radius 3 is 2.06 bits per heavy atom. The Bertz CT molecular complexity index is 183. The van der Waals surface area contributed by atoms with Crippen LogP contribution in [-0.2, 0) is 4.79 Å². The number of hydrogen-bond donors (Lipinski definition) is 2. The number of nitrogens with two attached hydrogens (primary N) is 1. The summed E-state index contributed by atoms with van der Waals surface area (Å²) in [6, 6.07) is 0. The van der Waals surface area contributed by atoms with E-state index in [1.807, 2.05) is 0 Å². The Hall–Kier alpha value is -0.570. The van der Waals surface area contributed by atoms with E-state index in [4.69, 9.17) is 10.8 Å². The largest absolute Gasteiger partial charge is 0.481 e. The van der Waals surface area contributed by atoms with E-state index in [2.05, 4.69) is 6.92 Å². The van der Waals surface area contributed by atoms with E-state index in [1.54, 1.807) is 0 Å². The van der Waals surface area contributed by atoms with Gasteiger partial charge in [0.1, 0.15) is 0 Å². The lowest BCUT2D eigenvalue weighted by Gasteiger charge is -2.11. The lowest BCUT2D eigenvalue weighted by atomic mass is 9.96. The lowest BCUT2D eigenvalue weighted by Crippen LogP contribution is -2.15. The van der Waals surface area contributed by atoms with Crippen LogP contribution in [0.15, 0.2) is 0 Å². The summed E-state index contributed by atoms with van der Waals surface area (Å²) in [4.78, 5) is 11.0. The zero-order valence-corrected chi connectivity index (χ0v) is 11.3. The molecule has 0 aliphatic heterocycles. The first kappa shape index (κ1) is 16.4. The number of hydrogen-bond acceptors (Lipinski definition) is 2. The molecular formula is C14H29NO2. The Labute approximate surface area is 106 Å². The SMILES string of the molecule is CCCCCCCCCC(CCCN)C(=O)O. The fourth-order valence-electron chi connectivity index (χ4n) is 2.10. The van der Waals surface area contributed by atoms with Gasteiger partial charge >= 0.3 is 5.97 Å². The van der Waals surface area contributed by atoms with Crippen LogP contribution in [0.1, 0.15) is 71.1 Å². The Morgan fingerprint density at radius 1 is 1.00 bits per heavy atom. The third kappa shape index (κ3) is 10.3. The zero-order chi connectivity index (χ0) is 12.9. The van der Waals surface area contributed by atoms with Gasteiger partial charge in [0.15, 0.2) is 0 Å². The van der Waals surface area contributed by atoms with Crippen molar-refractivity contribution in [1.82, 2.24) is 0 Å². The molecule has 0 spiro atoms. The second-order valence-electron chi connectivity index (χ2n) is 4.88. The fourth-order valence-corrected chi connectivity index (χ4v) is 2.10. The van der Waals surface area contributed by atoms with Gasteiger partial charge in [-0.25, -0.2) is 0 Å². The molecule has 0 rings (SSSR count). The number of carboxylic acids is 1. The summed E-state index contributed by atoms with van der Waals surface area (Å²) in [6.45, 7) is 2.82. The maximum atomic E-state index is 11.0. The van der Waals surface area contributed by atoms with Gasteiger partial charge in [0.05, 0.1) is 5.92 Å². The quantitative estimate of drug-likeness (QED) is 0.515. The highest BCUT2D eigenvalue weighted by Gasteiger charge is 2.15. The topological polar surface area (TPSA) is 63.3 Å². The molecule has 3 N–H and O–H groups in total. The van der Waals surface area contributed by atoms with E-state index in [0.717, 1.165) is 25.7 Å². The maximum absolute atomic E-state index is 11.0. The summed E-state index contributed by atoms with van der Waals surface area (Å²) in [5, 5.41) is 9.03. The molecule has 0 saturated heterocycles. The predicted octanol–water partition coefficient (Wildman–Crippen LogP) is 3.57. The van der Waals surface area contributed by atoms with Gasteiger partial charge < -0.3 is 10.8 Å². The standard InChI is InChI=1S/C14H29NO2/c1-2-3-4-5-6-7-8-10-13(14(16)17)11-9-12-15/h13H,2-12,15H2,1H3,(H,16,17). The minimum absolute atomic E-state index is 0.172. The minimum Gasteiger partial charge on any atom is -0.481 e. The second-order valence-corrected chi connectivity index (χ2v) is 4.88. The third-order valence-corrected chi connectivity index (χ3v) is 3.26. The molecule has 3 heteroatoms. The average Bonchev–Trinajstić information content (AvgIpc) is 2.31. The van der Waals surface area contributed by atoms with Crippen molar-refractivity contribution in [3.63, 3.8) is 0 Å². The molecule has 0 bridgehead atoms. The molecule has 3 nitrogen and oxygen atoms in total. The Kier molecular flexibility index (Phi) is 11.5. The smallest absolute Gasteiger partial charge is 0.306 e. The van der Waals surface area contributed by atoms with E-state index >= 15 is 0 Å². The van der Waals surface area contributed by atoms with Crippen molar-refractivity contribution in [3.8, 4) is 0 Å². The number of rotatable bonds is 12. The van der Waals surface area contributed by atoms with Gasteiger partial charge in [-0.2, -0.15) is 0 Å². The normalized spacial score (nSPS) is 12.6. The summed E-state index contributed by atoms with van der Waals surface area (Å²) >= 11 is 0. The molecule has 0 aliphatic rings. The molecule has 0 fully saturated rings. The van der Waals surface area contributed by atoms with Crippen molar-refractivity contribution < 1.29 is 9.90 Å². The highest BCUT2D eigenvalue weighted by molar-refractivity contribution is 5.69. The van der Waals surface area contributed by atoms with Crippen LogP contribution < -0.4 is 5.73 Å². The van der Waals surface area contributed by atoms with Gasteiger partial charge in [-0.3, -0.25) is 4.79 Å². The van der Waals surface area contributed by atoms with Gasteiger partial charge in [0.2, 0.25) is 0 Å². The van der Waals surface area contributed by atoms with Crippen LogP contribution >= 0.6 is 0 Å². The van der Waals surface area contributed by atoms with Crippen molar-refractivity contribution in [3.05, 3.63) is 0 Å². The number of aliphatic carboxylic acids is 1. The monoisotopic (exact) mass is 243 g/mol. The minimum atomic E-state index is -0.649. The van der Waals surface area contributed by atoms with Gasteiger partial charge in [0.25, 0.3) is 0 Å². The van der Waals surface area contributed by atoms with Crippen LogP contribution in [0.2, 0.25) is 0 Å². The predicted molar refractivity (Wildman–Crippen MR) is 72.0 cm³/mol. The van der Waals surface area contributed by atoms with Crippen LogP contribution in [0.25, 0.3) is 0 Å². The van der Waals surface area contributed by atoms with Crippen molar-refractivity contribution in [2.45, 2.75) is 71.1 Å². The molecule has 17 heavy (non-hydrogen) atoms. The number of carbonyl (C=O) groups is 1. The van der Waals surface area contributed by atoms with Crippen LogP contribution in [0.5, 0.6) is 0 Å². The van der Waals surface area contributed by atoms with E-state index in [-0.39, 0.29) is 5.92 Å². The van der Waals surface area contributed by atoms with Gasteiger partial charge in [-0.05, 0) is 25.8 Å². The van der Waals surface area contributed by atoms with E-state index in [0.29, 0.717) is 6.54 Å². The first-order valence-electron chi connectivity index (χ1n) is 7.15. The van der Waals surface area contributed by atoms with Crippen molar-refractivity contribution in [1.29, 1.82) is 0 Å². The molecule has 0 saturated carbocycles. The average molecular weight is 243 g/mol. The highest BCUT2D eigenvalue weighted by Crippen LogP contribution is 2.17. The number of unbranched alkanes of at least 4 members (excludes halogenated alkanes) is 6. The molecular weight excluding hydrogens is 214 g/mol. The first-order valence-corrected chi connectivity index (χ1v) is 7.15. The summed E-state index contributed by atoms with van der Waals surface area (Å²) in [5.74, 6) is -0.821. The van der Waals surface area contributed by atoms with Gasteiger partial charge in [-0.1, -0.05) is 51.9 Å². The van der Waals surface area contributed by atoms with Crippen LogP contribution in [0.4, 0.5) is 0 Å². The van der Waals surface area contributed by atoms with Crippen molar-refractivity contribution in [2.75, 3.05) is 6.54 Å². The molecule has 0 amide bonds. The molecule has 0 radical (unpaired) electrons. The molecule has 0 aromatic carbocycles. The van der Waals surface area contributed by atoms with E-state index < -0.39 is 5.97 Å². The van der Waals surface area contributed by atoms with Crippen LogP contribution in [0.3, 0.4) is 0 Å². The molecule has 1 atom stereocenters. The fraction of sp³-hybridized carbons (Fsp3) is 0.929. The lowest BCUT2D eigenvalue weighted by molar-refractivity contribution is -0.142. The highest BCUT2D eigenvalue weighted by atomic mass is 16.4. The number of carboxylic acid groups (broad SMARTS) is 1. The molecule has 0 heterocycles.